The SMILES string of the molecule is COc1ccccc1-c1n[nH]c([C@H](N)c2ccc(C)cc2)n1. The minimum absolute atomic E-state index is 0.337. The third-order valence-electron chi connectivity index (χ3n) is 3.58. The van der Waals surface area contributed by atoms with Gasteiger partial charge in [0.15, 0.2) is 5.82 Å². The zero-order valence-corrected chi connectivity index (χ0v) is 12.6. The van der Waals surface area contributed by atoms with Crippen LogP contribution < -0.4 is 10.5 Å². The predicted octanol–water partition coefficient (Wildman–Crippen LogP) is 2.84. The lowest BCUT2D eigenvalue weighted by Gasteiger charge is -2.08. The van der Waals surface area contributed by atoms with Crippen LogP contribution in [0.15, 0.2) is 48.5 Å². The van der Waals surface area contributed by atoms with Gasteiger partial charge in [0.25, 0.3) is 0 Å². The first-order valence-corrected chi connectivity index (χ1v) is 7.07. The molecule has 0 aliphatic carbocycles. The molecule has 0 unspecified atom stereocenters. The molecule has 0 aliphatic rings. The molecule has 112 valence electrons. The van der Waals surface area contributed by atoms with E-state index in [4.69, 9.17) is 10.5 Å². The number of nitrogens with zero attached hydrogens (tertiary/aromatic N) is 2. The van der Waals surface area contributed by atoms with Crippen LogP contribution >= 0.6 is 0 Å². The van der Waals surface area contributed by atoms with Gasteiger partial charge < -0.3 is 10.5 Å². The number of aryl methyl sites for hydroxylation is 1. The number of aromatic amines is 1. The van der Waals surface area contributed by atoms with E-state index in [0.717, 1.165) is 16.9 Å². The molecule has 0 spiro atoms. The summed E-state index contributed by atoms with van der Waals surface area (Å²) in [6, 6.07) is 15.4. The van der Waals surface area contributed by atoms with E-state index in [1.165, 1.54) is 5.56 Å². The molecular weight excluding hydrogens is 276 g/mol. The van der Waals surface area contributed by atoms with Crippen LogP contribution in [0.2, 0.25) is 0 Å². The van der Waals surface area contributed by atoms with Gasteiger partial charge in [-0.15, -0.1) is 0 Å². The summed E-state index contributed by atoms with van der Waals surface area (Å²) >= 11 is 0. The minimum atomic E-state index is -0.337. The Morgan fingerprint density at radius 3 is 2.55 bits per heavy atom. The van der Waals surface area contributed by atoms with Crippen LogP contribution in [0.4, 0.5) is 0 Å². The summed E-state index contributed by atoms with van der Waals surface area (Å²) in [5.74, 6) is 1.94. The number of aromatic nitrogens is 3. The van der Waals surface area contributed by atoms with Crippen molar-refractivity contribution in [1.29, 1.82) is 0 Å². The number of rotatable bonds is 4. The second-order valence-corrected chi connectivity index (χ2v) is 5.13. The highest BCUT2D eigenvalue weighted by atomic mass is 16.5. The molecule has 0 saturated carbocycles. The third kappa shape index (κ3) is 2.71. The Balaban J connectivity index is 1.92. The number of benzene rings is 2. The smallest absolute Gasteiger partial charge is 0.184 e. The second-order valence-electron chi connectivity index (χ2n) is 5.13. The summed E-state index contributed by atoms with van der Waals surface area (Å²) in [5.41, 5.74) is 9.29. The van der Waals surface area contributed by atoms with Crippen LogP contribution in [0, 0.1) is 6.92 Å². The number of hydrogen-bond donors (Lipinski definition) is 2. The van der Waals surface area contributed by atoms with Gasteiger partial charge in [-0.05, 0) is 24.6 Å². The Kier molecular flexibility index (Phi) is 3.89. The van der Waals surface area contributed by atoms with Crippen molar-refractivity contribution in [1.82, 2.24) is 15.2 Å². The zero-order chi connectivity index (χ0) is 15.5. The van der Waals surface area contributed by atoms with Gasteiger partial charge in [-0.3, -0.25) is 5.10 Å². The van der Waals surface area contributed by atoms with Crippen molar-refractivity contribution in [2.45, 2.75) is 13.0 Å². The highest BCUT2D eigenvalue weighted by Gasteiger charge is 2.16. The molecule has 0 saturated heterocycles. The van der Waals surface area contributed by atoms with Crippen LogP contribution in [-0.4, -0.2) is 22.3 Å². The Morgan fingerprint density at radius 2 is 1.82 bits per heavy atom. The van der Waals surface area contributed by atoms with E-state index in [-0.39, 0.29) is 6.04 Å². The average Bonchev–Trinajstić information content (AvgIpc) is 3.04. The topological polar surface area (TPSA) is 76.8 Å². The van der Waals surface area contributed by atoms with Gasteiger partial charge in [0.1, 0.15) is 11.6 Å². The fourth-order valence-electron chi connectivity index (χ4n) is 2.29. The van der Waals surface area contributed by atoms with E-state index in [2.05, 4.69) is 15.2 Å². The Hall–Kier alpha value is -2.66. The predicted molar refractivity (Wildman–Crippen MR) is 85.6 cm³/mol. The normalized spacial score (nSPS) is 12.1. The third-order valence-corrected chi connectivity index (χ3v) is 3.58. The molecule has 5 heteroatoms. The largest absolute Gasteiger partial charge is 0.496 e. The summed E-state index contributed by atoms with van der Waals surface area (Å²) in [6.45, 7) is 2.05. The van der Waals surface area contributed by atoms with E-state index >= 15 is 0 Å². The summed E-state index contributed by atoms with van der Waals surface area (Å²) in [4.78, 5) is 4.52. The Morgan fingerprint density at radius 1 is 1.09 bits per heavy atom. The van der Waals surface area contributed by atoms with Crippen LogP contribution in [0.3, 0.4) is 0 Å². The Labute approximate surface area is 129 Å². The molecule has 1 atom stereocenters. The molecule has 22 heavy (non-hydrogen) atoms. The number of nitrogens with two attached hydrogens (primary N) is 1. The van der Waals surface area contributed by atoms with Gasteiger partial charge in [-0.25, -0.2) is 4.98 Å². The van der Waals surface area contributed by atoms with Gasteiger partial charge in [0.05, 0.1) is 18.7 Å². The van der Waals surface area contributed by atoms with Crippen molar-refractivity contribution in [2.75, 3.05) is 7.11 Å². The van der Waals surface area contributed by atoms with E-state index in [1.54, 1.807) is 7.11 Å². The minimum Gasteiger partial charge on any atom is -0.496 e. The van der Waals surface area contributed by atoms with Gasteiger partial charge in [0.2, 0.25) is 0 Å². The van der Waals surface area contributed by atoms with Gasteiger partial charge in [-0.2, -0.15) is 5.10 Å². The first-order chi connectivity index (χ1) is 10.7. The number of nitrogens with one attached hydrogen (secondary N) is 1. The number of H-pyrrole nitrogens is 1. The fourth-order valence-corrected chi connectivity index (χ4v) is 2.29. The van der Waals surface area contributed by atoms with Crippen LogP contribution in [0.5, 0.6) is 5.75 Å². The maximum absolute atomic E-state index is 6.26. The van der Waals surface area contributed by atoms with Gasteiger partial charge in [0, 0.05) is 0 Å². The summed E-state index contributed by atoms with van der Waals surface area (Å²) < 4.78 is 5.34. The number of para-hydroxylation sites is 1. The molecule has 0 bridgehead atoms. The van der Waals surface area contributed by atoms with Crippen LogP contribution in [0.1, 0.15) is 23.0 Å². The lowest BCUT2D eigenvalue weighted by molar-refractivity contribution is 0.416. The first-order valence-electron chi connectivity index (χ1n) is 7.07. The molecule has 5 nitrogen and oxygen atoms in total. The van der Waals surface area contributed by atoms with Crippen molar-refractivity contribution in [2.24, 2.45) is 5.73 Å². The van der Waals surface area contributed by atoms with Gasteiger partial charge in [-0.1, -0.05) is 42.0 Å². The monoisotopic (exact) mass is 294 g/mol. The highest BCUT2D eigenvalue weighted by molar-refractivity contribution is 5.63. The van der Waals surface area contributed by atoms with E-state index in [0.29, 0.717) is 11.6 Å². The van der Waals surface area contributed by atoms with Crippen molar-refractivity contribution in [3.05, 3.63) is 65.5 Å². The number of methoxy groups -OCH3 is 1. The standard InChI is InChI=1S/C17H18N4O/c1-11-7-9-12(10-8-11)15(18)17-19-16(20-21-17)13-5-3-4-6-14(13)22-2/h3-10,15H,18H2,1-2H3,(H,19,20,21)/t15-/m1/s1. The maximum atomic E-state index is 6.26. The maximum Gasteiger partial charge on any atom is 0.184 e. The van der Waals surface area contributed by atoms with Crippen molar-refractivity contribution in [3.63, 3.8) is 0 Å². The van der Waals surface area contributed by atoms with Crippen molar-refractivity contribution < 1.29 is 4.74 Å². The molecule has 0 radical (unpaired) electrons. The highest BCUT2D eigenvalue weighted by Crippen LogP contribution is 2.27. The lowest BCUT2D eigenvalue weighted by atomic mass is 10.1. The van der Waals surface area contributed by atoms with Gasteiger partial charge >= 0.3 is 0 Å². The summed E-state index contributed by atoms with van der Waals surface area (Å²) in [6.07, 6.45) is 0. The van der Waals surface area contributed by atoms with E-state index < -0.39 is 0 Å². The van der Waals surface area contributed by atoms with E-state index in [9.17, 15) is 0 Å². The molecule has 3 aromatic rings. The molecule has 1 heterocycles. The van der Waals surface area contributed by atoms with Crippen molar-refractivity contribution >= 4 is 0 Å². The molecule has 3 N–H and O–H groups in total. The van der Waals surface area contributed by atoms with Crippen LogP contribution in [-0.2, 0) is 0 Å². The Bertz CT molecular complexity index is 764. The molecule has 0 fully saturated rings. The number of ether oxygens (including phenoxy) is 1. The summed E-state index contributed by atoms with van der Waals surface area (Å²) in [7, 11) is 1.63. The first kappa shape index (κ1) is 14.3. The molecule has 0 aliphatic heterocycles. The molecular formula is C17H18N4O. The quantitative estimate of drug-likeness (QED) is 0.775. The summed E-state index contributed by atoms with van der Waals surface area (Å²) in [5, 5.41) is 7.19. The zero-order valence-electron chi connectivity index (χ0n) is 12.6. The average molecular weight is 294 g/mol. The molecule has 2 aromatic carbocycles. The second kappa shape index (κ2) is 5.99. The van der Waals surface area contributed by atoms with E-state index in [1.807, 2.05) is 55.5 Å². The molecule has 0 amide bonds. The lowest BCUT2D eigenvalue weighted by Crippen LogP contribution is -2.13. The van der Waals surface area contributed by atoms with Crippen LogP contribution in [0.25, 0.3) is 11.4 Å². The van der Waals surface area contributed by atoms with Crippen molar-refractivity contribution in [3.8, 4) is 17.1 Å². The molecule has 1 aromatic heterocycles. The fraction of sp³-hybridized carbons (Fsp3) is 0.176. The number of hydrogen-bond acceptors (Lipinski definition) is 4. The molecule has 3 rings (SSSR count).